The van der Waals surface area contributed by atoms with Crippen molar-refractivity contribution in [2.75, 3.05) is 4.90 Å². The summed E-state index contributed by atoms with van der Waals surface area (Å²) in [6.45, 7) is 9.13. The van der Waals surface area contributed by atoms with Crippen molar-refractivity contribution in [1.82, 2.24) is 4.98 Å². The van der Waals surface area contributed by atoms with Gasteiger partial charge in [0, 0.05) is 0 Å². The average molecular weight is 586 g/mol. The summed E-state index contributed by atoms with van der Waals surface area (Å²) in [7, 11) is 0. The van der Waals surface area contributed by atoms with Gasteiger partial charge in [0.2, 0.25) is 0 Å². The fourth-order valence-corrected chi connectivity index (χ4v) is 9.48. The second kappa shape index (κ2) is 7.78. The van der Waals surface area contributed by atoms with Crippen LogP contribution in [0.4, 0.5) is 16.1 Å². The molecule has 3 aromatic carbocycles. The molecule has 4 heterocycles. The van der Waals surface area contributed by atoms with Gasteiger partial charge in [-0.25, -0.2) is 0 Å². The summed E-state index contributed by atoms with van der Waals surface area (Å²) >= 11 is -0.110. The third-order valence-electron chi connectivity index (χ3n) is 9.04. The number of fused-ring (bicyclic) bond motifs is 6. The molecular weight excluding hydrogens is 559 g/mol. The number of carbonyl (C=O) groups excluding carboxylic acids is 2. The molecular formula is C35H26N2O2Se. The second-order valence-electron chi connectivity index (χ2n) is 12.0. The van der Waals surface area contributed by atoms with Crippen LogP contribution in [0.15, 0.2) is 84.6 Å². The molecule has 3 aliphatic rings. The van der Waals surface area contributed by atoms with Crippen molar-refractivity contribution >= 4 is 59.0 Å². The van der Waals surface area contributed by atoms with Gasteiger partial charge in [0.15, 0.2) is 0 Å². The Bertz CT molecular complexity index is 1950. The number of hydrogen-bond donors (Lipinski definition) is 0. The van der Waals surface area contributed by atoms with E-state index in [2.05, 4.69) is 62.9 Å². The predicted octanol–water partition coefficient (Wildman–Crippen LogP) is 7.50. The molecule has 0 atom stereocenters. The standard InChI is InChI=1S/C35H26N2O2Se/c1-34(2)25-11-7-12-26-29(25)37(32-27(34)13-8-14-36-32)33-28(35(26,3)4)18-21(40-33)17-24-30(38)22-15-19-9-5-6-10-20(19)16-23(22)31(24)39/h5-18H,1-4H3. The maximum atomic E-state index is 13.5. The zero-order valence-electron chi connectivity index (χ0n) is 22.7. The number of pyridine rings is 1. The number of Topliss-reactive ketones (excluding diaryl/α,β-unsaturated/α-hetero) is 2. The molecule has 0 N–H and O–H groups in total. The SMILES string of the molecule is CC1(C)c2cccnc2N2c3[se]c(C=C4C(=O)c5cc6ccccc6cc5C4=O)cc3C(C)(C)c3cccc1c32. The third-order valence-corrected chi connectivity index (χ3v) is 11.3. The van der Waals surface area contributed by atoms with Crippen molar-refractivity contribution in [2.45, 2.75) is 38.5 Å². The number of anilines is 3. The van der Waals surface area contributed by atoms with Crippen molar-refractivity contribution in [3.63, 3.8) is 0 Å². The maximum absolute atomic E-state index is 13.5. The van der Waals surface area contributed by atoms with Crippen LogP contribution in [0.3, 0.4) is 0 Å². The van der Waals surface area contributed by atoms with Gasteiger partial charge >= 0.3 is 239 Å². The molecule has 0 radical (unpaired) electrons. The van der Waals surface area contributed by atoms with E-state index in [9.17, 15) is 9.59 Å². The van der Waals surface area contributed by atoms with Crippen molar-refractivity contribution < 1.29 is 9.59 Å². The number of ketones is 2. The van der Waals surface area contributed by atoms with E-state index >= 15 is 0 Å². The first-order valence-corrected chi connectivity index (χ1v) is 15.3. The molecule has 4 nitrogen and oxygen atoms in total. The average Bonchev–Trinajstić information content (AvgIpc) is 3.47. The van der Waals surface area contributed by atoms with Crippen LogP contribution in [-0.2, 0) is 10.8 Å². The van der Waals surface area contributed by atoms with E-state index in [4.69, 9.17) is 4.98 Å². The molecule has 0 unspecified atom stereocenters. The van der Waals surface area contributed by atoms with Gasteiger partial charge in [0.25, 0.3) is 0 Å². The van der Waals surface area contributed by atoms with E-state index < -0.39 is 0 Å². The summed E-state index contributed by atoms with van der Waals surface area (Å²) in [6, 6.07) is 24.7. The Morgan fingerprint density at radius 1 is 0.725 bits per heavy atom. The van der Waals surface area contributed by atoms with E-state index in [-0.39, 0.29) is 42.5 Å². The summed E-state index contributed by atoms with van der Waals surface area (Å²) in [5.41, 5.74) is 7.14. The summed E-state index contributed by atoms with van der Waals surface area (Å²) in [5, 5.41) is 1.94. The Kier molecular flexibility index (Phi) is 4.63. The van der Waals surface area contributed by atoms with Crippen LogP contribution in [-0.4, -0.2) is 31.1 Å². The third kappa shape index (κ3) is 2.94. The number of carbonyl (C=O) groups is 2. The van der Waals surface area contributed by atoms with Gasteiger partial charge in [-0.2, -0.15) is 0 Å². The fraction of sp³-hybridized carbons (Fsp3) is 0.171. The molecule has 0 amide bonds. The normalized spacial score (nSPS) is 17.4. The van der Waals surface area contributed by atoms with Crippen LogP contribution in [0.1, 0.15) is 75.1 Å². The zero-order valence-corrected chi connectivity index (χ0v) is 24.4. The van der Waals surface area contributed by atoms with E-state index in [0.29, 0.717) is 11.1 Å². The quantitative estimate of drug-likeness (QED) is 0.116. The van der Waals surface area contributed by atoms with Gasteiger partial charge in [-0.1, -0.05) is 0 Å². The van der Waals surface area contributed by atoms with Gasteiger partial charge in [-0.3, -0.25) is 0 Å². The van der Waals surface area contributed by atoms with Gasteiger partial charge in [-0.15, -0.1) is 0 Å². The Hall–Kier alpha value is -4.05. The number of allylic oxidation sites excluding steroid dienone is 1. The number of nitrogens with zero attached hydrogens (tertiary/aromatic N) is 2. The van der Waals surface area contributed by atoms with Crippen LogP contribution in [0, 0.1) is 0 Å². The molecule has 0 fully saturated rings. The van der Waals surface area contributed by atoms with Crippen molar-refractivity contribution in [2.24, 2.45) is 0 Å². The van der Waals surface area contributed by atoms with Crippen LogP contribution in [0.5, 0.6) is 0 Å². The first-order chi connectivity index (χ1) is 19.2. The first kappa shape index (κ1) is 23.8. The molecule has 0 bridgehead atoms. The summed E-state index contributed by atoms with van der Waals surface area (Å²) in [4.78, 5) is 34.3. The number of benzene rings is 3. The van der Waals surface area contributed by atoms with E-state index in [0.717, 1.165) is 21.0 Å². The fourth-order valence-electron chi connectivity index (χ4n) is 6.82. The Labute approximate surface area is 238 Å². The molecule has 40 heavy (non-hydrogen) atoms. The van der Waals surface area contributed by atoms with Gasteiger partial charge in [-0.05, 0) is 0 Å². The molecule has 5 heteroatoms. The van der Waals surface area contributed by atoms with Gasteiger partial charge in [0.1, 0.15) is 0 Å². The molecule has 8 rings (SSSR count). The molecule has 2 aromatic heterocycles. The molecule has 2 aliphatic heterocycles. The predicted molar refractivity (Wildman–Crippen MR) is 161 cm³/mol. The summed E-state index contributed by atoms with van der Waals surface area (Å²) in [6.07, 6.45) is 3.74. The minimum atomic E-state index is -0.230. The zero-order chi connectivity index (χ0) is 27.6. The van der Waals surface area contributed by atoms with E-state index in [1.165, 1.54) is 32.5 Å². The van der Waals surface area contributed by atoms with Gasteiger partial charge < -0.3 is 0 Å². The number of aromatic nitrogens is 1. The molecule has 5 aromatic rings. The number of rotatable bonds is 1. The van der Waals surface area contributed by atoms with Crippen molar-refractivity contribution in [3.05, 3.63) is 122 Å². The second-order valence-corrected chi connectivity index (χ2v) is 14.2. The molecule has 0 saturated carbocycles. The van der Waals surface area contributed by atoms with E-state index in [1.54, 1.807) is 0 Å². The minimum absolute atomic E-state index is 0.110. The van der Waals surface area contributed by atoms with Crippen molar-refractivity contribution in [3.8, 4) is 0 Å². The first-order valence-electron chi connectivity index (χ1n) is 13.6. The number of para-hydroxylation sites is 1. The summed E-state index contributed by atoms with van der Waals surface area (Å²) in [5.74, 6) is 0.625. The Morgan fingerprint density at radius 2 is 1.32 bits per heavy atom. The molecule has 0 spiro atoms. The van der Waals surface area contributed by atoms with Crippen LogP contribution >= 0.6 is 0 Å². The molecule has 194 valence electrons. The van der Waals surface area contributed by atoms with Crippen molar-refractivity contribution in [1.29, 1.82) is 0 Å². The summed E-state index contributed by atoms with van der Waals surface area (Å²) < 4.78 is 2.28. The molecule has 0 saturated heterocycles. The molecule has 1 aliphatic carbocycles. The Balaban J connectivity index is 1.32. The van der Waals surface area contributed by atoms with Crippen LogP contribution in [0.25, 0.3) is 16.8 Å². The number of hydrogen-bond acceptors (Lipinski definition) is 4. The monoisotopic (exact) mass is 586 g/mol. The topological polar surface area (TPSA) is 50.3 Å². The van der Waals surface area contributed by atoms with Gasteiger partial charge in [0.05, 0.1) is 0 Å². The Morgan fingerprint density at radius 3 is 1.98 bits per heavy atom. The van der Waals surface area contributed by atoms with Crippen LogP contribution in [0.2, 0.25) is 0 Å². The van der Waals surface area contributed by atoms with Crippen LogP contribution < -0.4 is 4.90 Å². The van der Waals surface area contributed by atoms with E-state index in [1.807, 2.05) is 54.7 Å².